The fourth-order valence-corrected chi connectivity index (χ4v) is 2.74. The molecule has 1 aromatic carbocycles. The molecule has 1 heterocycles. The molecule has 1 aliphatic rings. The van der Waals surface area contributed by atoms with Gasteiger partial charge in [-0.05, 0) is 18.2 Å². The van der Waals surface area contributed by atoms with Crippen molar-refractivity contribution in [3.8, 4) is 0 Å². The van der Waals surface area contributed by atoms with Crippen molar-refractivity contribution in [1.82, 2.24) is 4.72 Å². The molecular formula is C9H9ClN2O2S. The predicted octanol–water partition coefficient (Wildman–Crippen LogP) is 2.07. The van der Waals surface area contributed by atoms with Crippen LogP contribution in [-0.2, 0) is 10.0 Å². The Hall–Kier alpha value is -1.07. The summed E-state index contributed by atoms with van der Waals surface area (Å²) in [4.78, 5) is 4.33. The minimum Gasteiger partial charge on any atom is -0.267 e. The van der Waals surface area contributed by atoms with Gasteiger partial charge in [-0.3, -0.25) is 4.72 Å². The van der Waals surface area contributed by atoms with Crippen LogP contribution in [0.5, 0.6) is 0 Å². The molecular weight excluding hydrogens is 236 g/mol. The highest BCUT2D eigenvalue weighted by Gasteiger charge is 2.24. The lowest BCUT2D eigenvalue weighted by Gasteiger charge is -2.16. The van der Waals surface area contributed by atoms with Crippen molar-refractivity contribution in [2.24, 2.45) is 4.99 Å². The van der Waals surface area contributed by atoms with Crippen molar-refractivity contribution >= 4 is 33.1 Å². The van der Waals surface area contributed by atoms with Gasteiger partial charge in [0.25, 0.3) is 10.0 Å². The second-order valence-electron chi connectivity index (χ2n) is 3.13. The van der Waals surface area contributed by atoms with E-state index in [0.717, 1.165) is 0 Å². The number of nitrogens with zero attached hydrogens (tertiary/aromatic N) is 1. The fraction of sp³-hybridized carbons (Fsp3) is 0.222. The molecule has 1 N–H and O–H groups in total. The highest BCUT2D eigenvalue weighted by Crippen LogP contribution is 2.30. The lowest BCUT2D eigenvalue weighted by Crippen LogP contribution is -2.32. The third-order valence-electron chi connectivity index (χ3n) is 2.05. The van der Waals surface area contributed by atoms with Gasteiger partial charge in [0.1, 0.15) is 10.7 Å². The van der Waals surface area contributed by atoms with Gasteiger partial charge in [0.2, 0.25) is 0 Å². The topological polar surface area (TPSA) is 58.5 Å². The second-order valence-corrected chi connectivity index (χ2v) is 5.22. The first-order valence-corrected chi connectivity index (χ1v) is 6.29. The van der Waals surface area contributed by atoms with E-state index in [1.54, 1.807) is 6.07 Å². The van der Waals surface area contributed by atoms with Crippen LogP contribution in [0.3, 0.4) is 0 Å². The fourth-order valence-electron chi connectivity index (χ4n) is 1.33. The van der Waals surface area contributed by atoms with Gasteiger partial charge < -0.3 is 0 Å². The summed E-state index contributed by atoms with van der Waals surface area (Å²) in [5, 5.41) is 0.477. The van der Waals surface area contributed by atoms with Gasteiger partial charge in [-0.2, -0.15) is 0 Å². The van der Waals surface area contributed by atoms with Crippen LogP contribution in [0.2, 0.25) is 5.02 Å². The SMILES string of the molecule is CCC1=Nc2cc(Cl)ccc2S(=O)(=O)N1. The smallest absolute Gasteiger partial charge is 0.264 e. The van der Waals surface area contributed by atoms with Crippen LogP contribution in [0.25, 0.3) is 0 Å². The van der Waals surface area contributed by atoms with Crippen LogP contribution in [0, 0.1) is 0 Å². The Labute approximate surface area is 93.0 Å². The van der Waals surface area contributed by atoms with E-state index in [9.17, 15) is 8.42 Å². The van der Waals surface area contributed by atoms with Crippen molar-refractivity contribution in [1.29, 1.82) is 0 Å². The van der Waals surface area contributed by atoms with Gasteiger partial charge in [-0.15, -0.1) is 0 Å². The lowest BCUT2D eigenvalue weighted by atomic mass is 10.3. The van der Waals surface area contributed by atoms with Crippen LogP contribution in [-0.4, -0.2) is 14.3 Å². The summed E-state index contributed by atoms with van der Waals surface area (Å²) in [5.41, 5.74) is 0.401. The van der Waals surface area contributed by atoms with Crippen LogP contribution in [0.1, 0.15) is 13.3 Å². The van der Waals surface area contributed by atoms with E-state index in [4.69, 9.17) is 11.6 Å². The number of sulfonamides is 1. The summed E-state index contributed by atoms with van der Waals surface area (Å²) in [5.74, 6) is 0.435. The number of rotatable bonds is 1. The number of halogens is 1. The van der Waals surface area contributed by atoms with Crippen molar-refractivity contribution in [3.05, 3.63) is 23.2 Å². The molecule has 15 heavy (non-hydrogen) atoms. The number of amidine groups is 1. The van der Waals surface area contributed by atoms with Crippen molar-refractivity contribution in [3.63, 3.8) is 0 Å². The summed E-state index contributed by atoms with van der Waals surface area (Å²) < 4.78 is 25.8. The molecule has 1 aliphatic heterocycles. The standard InChI is InChI=1S/C9H9ClN2O2S/c1-2-9-11-7-5-6(10)3-4-8(7)15(13,14)12-9/h3-5H,2H2,1H3,(H,11,12). The molecule has 0 atom stereocenters. The quantitative estimate of drug-likeness (QED) is 0.822. The highest BCUT2D eigenvalue weighted by molar-refractivity contribution is 7.90. The number of nitrogens with one attached hydrogen (secondary N) is 1. The van der Waals surface area contributed by atoms with Gasteiger partial charge in [-0.1, -0.05) is 18.5 Å². The Kier molecular flexibility index (Phi) is 2.44. The summed E-state index contributed by atoms with van der Waals surface area (Å²) in [6.07, 6.45) is 0.533. The average Bonchev–Trinajstić information content (AvgIpc) is 2.15. The Morgan fingerprint density at radius 3 is 2.87 bits per heavy atom. The molecule has 0 saturated heterocycles. The molecule has 1 aromatic rings. The normalized spacial score (nSPS) is 17.6. The Morgan fingerprint density at radius 2 is 2.20 bits per heavy atom. The monoisotopic (exact) mass is 244 g/mol. The minimum atomic E-state index is -3.46. The molecule has 6 heteroatoms. The van der Waals surface area contributed by atoms with E-state index in [-0.39, 0.29) is 4.90 Å². The highest BCUT2D eigenvalue weighted by atomic mass is 35.5. The maximum Gasteiger partial charge on any atom is 0.264 e. The summed E-state index contributed by atoms with van der Waals surface area (Å²) in [6.45, 7) is 1.83. The zero-order valence-corrected chi connectivity index (χ0v) is 9.56. The van der Waals surface area contributed by atoms with Gasteiger partial charge in [-0.25, -0.2) is 13.4 Å². The predicted molar refractivity (Wildman–Crippen MR) is 59.2 cm³/mol. The van der Waals surface area contributed by atoms with Gasteiger partial charge >= 0.3 is 0 Å². The van der Waals surface area contributed by atoms with Crippen LogP contribution in [0.15, 0.2) is 28.1 Å². The number of hydrogen-bond acceptors (Lipinski definition) is 3. The molecule has 80 valence electrons. The van der Waals surface area contributed by atoms with Crippen LogP contribution in [0.4, 0.5) is 5.69 Å². The van der Waals surface area contributed by atoms with Crippen LogP contribution >= 0.6 is 11.6 Å². The van der Waals surface area contributed by atoms with E-state index in [0.29, 0.717) is 23.0 Å². The zero-order chi connectivity index (χ0) is 11.1. The number of fused-ring (bicyclic) bond motifs is 1. The number of hydrogen-bond donors (Lipinski definition) is 1. The van der Waals surface area contributed by atoms with Gasteiger partial charge in [0.05, 0.1) is 5.69 Å². The Balaban J connectivity index is 2.69. The van der Waals surface area contributed by atoms with Crippen molar-refractivity contribution < 1.29 is 8.42 Å². The maximum absolute atomic E-state index is 11.7. The summed E-state index contributed by atoms with van der Waals surface area (Å²) >= 11 is 5.78. The number of aliphatic imine (C=N–C) groups is 1. The molecule has 0 aromatic heterocycles. The largest absolute Gasteiger partial charge is 0.267 e. The van der Waals surface area contributed by atoms with Crippen molar-refractivity contribution in [2.45, 2.75) is 18.2 Å². The third kappa shape index (κ3) is 1.85. The molecule has 0 saturated carbocycles. The average molecular weight is 245 g/mol. The third-order valence-corrected chi connectivity index (χ3v) is 3.72. The lowest BCUT2D eigenvalue weighted by molar-refractivity contribution is 0.591. The van der Waals surface area contributed by atoms with E-state index in [1.807, 2.05) is 6.92 Å². The van der Waals surface area contributed by atoms with E-state index in [1.165, 1.54) is 12.1 Å². The maximum atomic E-state index is 11.7. The molecule has 0 bridgehead atoms. The van der Waals surface area contributed by atoms with Gasteiger partial charge in [0.15, 0.2) is 0 Å². The zero-order valence-electron chi connectivity index (χ0n) is 7.99. The summed E-state index contributed by atoms with van der Waals surface area (Å²) in [7, 11) is -3.46. The molecule has 0 unspecified atom stereocenters. The first-order valence-electron chi connectivity index (χ1n) is 4.43. The van der Waals surface area contributed by atoms with E-state index in [2.05, 4.69) is 9.71 Å². The second kappa shape index (κ2) is 3.50. The molecule has 0 fully saturated rings. The molecule has 0 radical (unpaired) electrons. The first-order chi connectivity index (χ1) is 7.03. The van der Waals surface area contributed by atoms with E-state index >= 15 is 0 Å². The Bertz CT molecular complexity index is 537. The Morgan fingerprint density at radius 1 is 1.47 bits per heavy atom. The molecule has 0 aliphatic carbocycles. The molecule has 0 spiro atoms. The first kappa shape index (κ1) is 10.4. The summed E-state index contributed by atoms with van der Waals surface area (Å²) in [6, 6.07) is 4.53. The van der Waals surface area contributed by atoms with Crippen molar-refractivity contribution in [2.75, 3.05) is 0 Å². The van der Waals surface area contributed by atoms with Crippen LogP contribution < -0.4 is 4.72 Å². The van der Waals surface area contributed by atoms with E-state index < -0.39 is 10.0 Å². The molecule has 2 rings (SSSR count). The molecule has 4 nitrogen and oxygen atoms in total. The molecule has 0 amide bonds. The van der Waals surface area contributed by atoms with Gasteiger partial charge in [0, 0.05) is 11.4 Å². The number of benzene rings is 1. The minimum absolute atomic E-state index is 0.170.